The van der Waals surface area contributed by atoms with E-state index in [1.165, 1.54) is 16.7 Å². The average Bonchev–Trinajstić information content (AvgIpc) is 2.77. The summed E-state index contributed by atoms with van der Waals surface area (Å²) in [6.07, 6.45) is 4.97. The molecule has 0 aliphatic carbocycles. The maximum absolute atomic E-state index is 8.77. The first-order valence-electron chi connectivity index (χ1n) is 10.4. The Labute approximate surface area is 174 Å². The predicted molar refractivity (Wildman–Crippen MR) is 118 cm³/mol. The molecule has 0 aliphatic rings. The minimum atomic E-state index is -1.67. The molecule has 0 radical (unpaired) electrons. The molecule has 0 unspecified atom stereocenters. The summed E-state index contributed by atoms with van der Waals surface area (Å²) in [5.74, 6) is 0. The van der Waals surface area contributed by atoms with Gasteiger partial charge in [-0.05, 0) is 29.5 Å². The van der Waals surface area contributed by atoms with Crippen LogP contribution in [0.25, 0.3) is 0 Å². The molecule has 4 heteroatoms. The summed E-state index contributed by atoms with van der Waals surface area (Å²) < 4.78 is 4.81. The van der Waals surface area contributed by atoms with Crippen LogP contribution in [0.2, 0.25) is 0 Å². The Kier molecular flexibility index (Phi) is 8.06. The van der Waals surface area contributed by atoms with Gasteiger partial charge in [-0.15, -0.1) is 0 Å². The molecule has 0 amide bonds. The van der Waals surface area contributed by atoms with Gasteiger partial charge in [0.15, 0.2) is 0 Å². The first-order chi connectivity index (χ1) is 14.2. The molecule has 0 saturated heterocycles. The molecule has 2 N–H and O–H groups in total. The molecule has 3 aromatic carbocycles. The van der Waals surface area contributed by atoms with Gasteiger partial charge in [0, 0.05) is 12.0 Å². The van der Waals surface area contributed by atoms with Gasteiger partial charge >= 0.3 is 7.32 Å². The summed E-state index contributed by atoms with van der Waals surface area (Å²) in [7, 11) is -1.67. The summed E-state index contributed by atoms with van der Waals surface area (Å²) >= 11 is 0. The molecule has 3 nitrogen and oxygen atoms in total. The number of rotatable bonds is 11. The van der Waals surface area contributed by atoms with Crippen LogP contribution in [0.5, 0.6) is 0 Å². The van der Waals surface area contributed by atoms with Crippen molar-refractivity contribution in [3.8, 4) is 0 Å². The Morgan fingerprint density at radius 2 is 1.00 bits per heavy atom. The lowest BCUT2D eigenvalue weighted by atomic mass is 9.66. The smallest absolute Gasteiger partial charge is 0.402 e. The van der Waals surface area contributed by atoms with Gasteiger partial charge in [0.2, 0.25) is 0 Å². The minimum Gasteiger partial charge on any atom is -0.402 e. The van der Waals surface area contributed by atoms with Crippen molar-refractivity contribution in [3.63, 3.8) is 0 Å². The molecule has 0 atom stereocenters. The van der Waals surface area contributed by atoms with Crippen molar-refractivity contribution in [2.45, 2.75) is 37.5 Å². The van der Waals surface area contributed by atoms with E-state index in [4.69, 9.17) is 14.7 Å². The molecule has 0 heterocycles. The number of hydrogen-bond acceptors (Lipinski definition) is 3. The highest BCUT2D eigenvalue weighted by Gasteiger charge is 2.35. The van der Waals surface area contributed by atoms with Crippen molar-refractivity contribution in [3.05, 3.63) is 108 Å². The van der Waals surface area contributed by atoms with Crippen LogP contribution >= 0.6 is 0 Å². The van der Waals surface area contributed by atoms with E-state index >= 15 is 0 Å². The van der Waals surface area contributed by atoms with Crippen LogP contribution in [-0.2, 0) is 10.1 Å². The van der Waals surface area contributed by atoms with Gasteiger partial charge in [-0.2, -0.15) is 0 Å². The molecular weight excluding hydrogens is 359 g/mol. The lowest BCUT2D eigenvalue weighted by molar-refractivity contribution is 0.181. The van der Waals surface area contributed by atoms with E-state index in [2.05, 4.69) is 91.0 Å². The lowest BCUT2D eigenvalue weighted by Gasteiger charge is -2.36. The van der Waals surface area contributed by atoms with Gasteiger partial charge in [-0.3, -0.25) is 0 Å². The van der Waals surface area contributed by atoms with Crippen LogP contribution in [0.3, 0.4) is 0 Å². The van der Waals surface area contributed by atoms with Gasteiger partial charge in [0.25, 0.3) is 0 Å². The predicted octanol–water partition coefficient (Wildman–Crippen LogP) is 4.96. The van der Waals surface area contributed by atoms with E-state index < -0.39 is 7.32 Å². The maximum Gasteiger partial charge on any atom is 0.633 e. The van der Waals surface area contributed by atoms with Crippen molar-refractivity contribution in [2.75, 3.05) is 6.61 Å². The highest BCUT2D eigenvalue weighted by atomic mass is 16.6. The monoisotopic (exact) mass is 388 g/mol. The summed E-state index contributed by atoms with van der Waals surface area (Å²) in [4.78, 5) is 0. The van der Waals surface area contributed by atoms with E-state index in [9.17, 15) is 0 Å². The molecule has 150 valence electrons. The maximum atomic E-state index is 8.77. The topological polar surface area (TPSA) is 49.7 Å². The van der Waals surface area contributed by atoms with Gasteiger partial charge in [0.1, 0.15) is 0 Å². The molecule has 0 bridgehead atoms. The third-order valence-electron chi connectivity index (χ3n) is 5.51. The van der Waals surface area contributed by atoms with Crippen molar-refractivity contribution in [1.82, 2.24) is 0 Å². The second-order valence-electron chi connectivity index (χ2n) is 7.36. The van der Waals surface area contributed by atoms with Crippen LogP contribution in [-0.4, -0.2) is 24.0 Å². The van der Waals surface area contributed by atoms with Crippen molar-refractivity contribution in [1.29, 1.82) is 0 Å². The molecular formula is C25H29BO3. The van der Waals surface area contributed by atoms with Crippen molar-refractivity contribution in [2.24, 2.45) is 0 Å². The molecule has 0 fully saturated rings. The third kappa shape index (κ3) is 5.57. The largest absolute Gasteiger partial charge is 0.633 e. The molecule has 3 rings (SSSR count). The number of benzene rings is 3. The van der Waals surface area contributed by atoms with Crippen molar-refractivity contribution >= 4 is 7.32 Å². The zero-order valence-corrected chi connectivity index (χ0v) is 16.8. The van der Waals surface area contributed by atoms with Crippen LogP contribution in [0.15, 0.2) is 91.0 Å². The van der Waals surface area contributed by atoms with Gasteiger partial charge in [0.05, 0.1) is 0 Å². The molecule has 29 heavy (non-hydrogen) atoms. The van der Waals surface area contributed by atoms with E-state index in [0.29, 0.717) is 6.61 Å². The van der Waals surface area contributed by atoms with Gasteiger partial charge < -0.3 is 14.7 Å². The lowest BCUT2D eigenvalue weighted by Crippen LogP contribution is -2.29. The van der Waals surface area contributed by atoms with Crippen molar-refractivity contribution < 1.29 is 14.7 Å². The fraction of sp³-hybridized carbons (Fsp3) is 0.280. The molecule has 0 aliphatic heterocycles. The fourth-order valence-electron chi connectivity index (χ4n) is 4.14. The summed E-state index contributed by atoms with van der Waals surface area (Å²) in [5, 5.41) is 17.5. The second kappa shape index (κ2) is 11.0. The van der Waals surface area contributed by atoms with Crippen LogP contribution in [0.1, 0.15) is 48.8 Å². The van der Waals surface area contributed by atoms with E-state index in [-0.39, 0.29) is 5.41 Å². The van der Waals surface area contributed by atoms with Crippen LogP contribution in [0, 0.1) is 0 Å². The molecule has 3 aromatic rings. The Bertz CT molecular complexity index is 726. The Morgan fingerprint density at radius 3 is 1.41 bits per heavy atom. The number of unbranched alkanes of at least 4 members (excludes halogenated alkanes) is 3. The van der Waals surface area contributed by atoms with Crippen LogP contribution < -0.4 is 0 Å². The second-order valence-corrected chi connectivity index (χ2v) is 7.36. The highest BCUT2D eigenvalue weighted by molar-refractivity contribution is 6.32. The van der Waals surface area contributed by atoms with E-state index in [1.54, 1.807) is 0 Å². The van der Waals surface area contributed by atoms with Crippen LogP contribution in [0.4, 0.5) is 0 Å². The zero-order valence-electron chi connectivity index (χ0n) is 16.8. The SMILES string of the molecule is OB(O)OCCCCCCC(c1ccccc1)(c1ccccc1)c1ccccc1. The molecule has 0 spiro atoms. The molecule has 0 aromatic heterocycles. The fourth-order valence-corrected chi connectivity index (χ4v) is 4.14. The first-order valence-corrected chi connectivity index (χ1v) is 10.4. The zero-order chi connectivity index (χ0) is 20.4. The Hall–Kier alpha value is -2.40. The quantitative estimate of drug-likeness (QED) is 0.277. The highest BCUT2D eigenvalue weighted by Crippen LogP contribution is 2.43. The van der Waals surface area contributed by atoms with E-state index in [0.717, 1.165) is 32.1 Å². The summed E-state index contributed by atoms with van der Waals surface area (Å²) in [6.45, 7) is 0.374. The first kappa shape index (κ1) is 21.3. The average molecular weight is 388 g/mol. The standard InChI is InChI=1S/C25H29BO3/c27-26(28)29-21-13-2-1-12-20-25(22-14-6-3-7-15-22,23-16-8-4-9-17-23)24-18-10-5-11-19-24/h3-11,14-19,27-28H,1-2,12-13,20-21H2. The van der Waals surface area contributed by atoms with Gasteiger partial charge in [-0.1, -0.05) is 110 Å². The Balaban J connectivity index is 1.85. The summed E-state index contributed by atoms with van der Waals surface area (Å²) in [6, 6.07) is 32.3. The third-order valence-corrected chi connectivity index (χ3v) is 5.51. The van der Waals surface area contributed by atoms with Gasteiger partial charge in [-0.25, -0.2) is 0 Å². The summed E-state index contributed by atoms with van der Waals surface area (Å²) in [5.41, 5.74) is 3.74. The molecule has 0 saturated carbocycles. The van der Waals surface area contributed by atoms with E-state index in [1.807, 2.05) is 0 Å². The normalized spacial score (nSPS) is 11.4. The number of hydrogen-bond donors (Lipinski definition) is 2. The minimum absolute atomic E-state index is 0.193. The Morgan fingerprint density at radius 1 is 0.586 bits per heavy atom.